The van der Waals surface area contributed by atoms with Gasteiger partial charge in [-0.2, -0.15) is 0 Å². The van der Waals surface area contributed by atoms with Crippen LogP contribution in [-0.4, -0.2) is 32.2 Å². The zero-order valence-electron chi connectivity index (χ0n) is 18.5. The summed E-state index contributed by atoms with van der Waals surface area (Å²) in [5.41, 5.74) is -0.193. The lowest BCUT2D eigenvalue weighted by atomic mass is 9.48. The van der Waals surface area contributed by atoms with E-state index in [0.29, 0.717) is 12.3 Å². The quantitative estimate of drug-likeness (QED) is 0.496. The Hall–Kier alpha value is -1.99. The van der Waals surface area contributed by atoms with Crippen molar-refractivity contribution in [3.05, 3.63) is 33.4 Å². The summed E-state index contributed by atoms with van der Waals surface area (Å²) in [4.78, 5) is 23.9. The number of benzene rings is 1. The zero-order valence-corrected chi connectivity index (χ0v) is 18.5. The summed E-state index contributed by atoms with van der Waals surface area (Å²) < 4.78 is 0. The van der Waals surface area contributed by atoms with Crippen molar-refractivity contribution in [2.45, 2.75) is 89.3 Å². The van der Waals surface area contributed by atoms with E-state index < -0.39 is 22.0 Å². The molecule has 7 nitrogen and oxygen atoms in total. The van der Waals surface area contributed by atoms with Crippen molar-refractivity contribution in [2.75, 3.05) is 5.32 Å². The lowest BCUT2D eigenvalue weighted by Crippen LogP contribution is -2.51. The van der Waals surface area contributed by atoms with Gasteiger partial charge >= 0.3 is 0 Å². The molecule has 0 unspecified atom stereocenters. The first-order valence-corrected chi connectivity index (χ1v) is 11.5. The van der Waals surface area contributed by atoms with Crippen molar-refractivity contribution < 1.29 is 19.9 Å². The summed E-state index contributed by atoms with van der Waals surface area (Å²) in [5.74, 6) is 0.0365. The third-order valence-electron chi connectivity index (χ3n) is 9.66. The first-order chi connectivity index (χ1) is 14.4. The van der Waals surface area contributed by atoms with Crippen LogP contribution in [0.2, 0.25) is 0 Å². The van der Waals surface area contributed by atoms with Crippen molar-refractivity contribution in [3.63, 3.8) is 0 Å². The number of anilines is 1. The molecule has 0 spiro atoms. The fourth-order valence-corrected chi connectivity index (χ4v) is 7.96. The van der Waals surface area contributed by atoms with Crippen LogP contribution in [0.25, 0.3) is 0 Å². The smallest absolute Gasteiger partial charge is 0.296 e. The highest BCUT2D eigenvalue weighted by Gasteiger charge is 2.73. The summed E-state index contributed by atoms with van der Waals surface area (Å²) in [7, 11) is 0. The van der Waals surface area contributed by atoms with Crippen LogP contribution in [0.5, 0.6) is 0 Å². The van der Waals surface area contributed by atoms with Crippen molar-refractivity contribution >= 4 is 17.3 Å². The molecule has 4 aliphatic carbocycles. The molecule has 1 aromatic rings. The van der Waals surface area contributed by atoms with E-state index in [1.807, 2.05) is 6.07 Å². The Morgan fingerprint density at radius 3 is 2.48 bits per heavy atom. The maximum absolute atomic E-state index is 12.3. The SMILES string of the molecule is CC(C)(O)C(=O)Nc1ccc2c(c1[N+](=O)[O-])CC[C@@H]1[C@@H]2CC[C@]2(C)C3(O)CCC12CC3. The predicted molar refractivity (Wildman–Crippen MR) is 116 cm³/mol. The molecule has 1 aromatic carbocycles. The highest BCUT2D eigenvalue weighted by atomic mass is 16.6. The van der Waals surface area contributed by atoms with E-state index in [2.05, 4.69) is 12.2 Å². The first-order valence-electron chi connectivity index (χ1n) is 11.5. The highest BCUT2D eigenvalue weighted by Crippen LogP contribution is 2.77. The van der Waals surface area contributed by atoms with Crippen LogP contribution in [0, 0.1) is 26.9 Å². The summed E-state index contributed by atoms with van der Waals surface area (Å²) >= 11 is 0. The predicted octanol–water partition coefficient (Wildman–Crippen LogP) is 4.06. The van der Waals surface area contributed by atoms with Gasteiger partial charge in [-0.25, -0.2) is 0 Å². The van der Waals surface area contributed by atoms with Crippen LogP contribution in [0.4, 0.5) is 11.4 Å². The average Bonchev–Trinajstić information content (AvgIpc) is 3.07. The fraction of sp³-hybridized carbons (Fsp3) is 0.708. The van der Waals surface area contributed by atoms with Gasteiger partial charge in [0.15, 0.2) is 0 Å². The number of hydrogen-bond acceptors (Lipinski definition) is 5. The number of carbonyl (C=O) groups is 1. The molecular weight excluding hydrogens is 396 g/mol. The van der Waals surface area contributed by atoms with E-state index in [1.165, 1.54) is 13.8 Å². The summed E-state index contributed by atoms with van der Waals surface area (Å²) in [6, 6.07) is 3.59. The first kappa shape index (κ1) is 20.9. The lowest BCUT2D eigenvalue weighted by molar-refractivity contribution is -0.384. The fourth-order valence-electron chi connectivity index (χ4n) is 7.96. The average molecular weight is 429 g/mol. The molecule has 3 saturated carbocycles. The normalized spacial score (nSPS) is 38.2. The Kier molecular flexibility index (Phi) is 4.24. The van der Waals surface area contributed by atoms with Gasteiger partial charge in [-0.1, -0.05) is 13.0 Å². The zero-order chi connectivity index (χ0) is 22.4. The largest absolute Gasteiger partial charge is 0.389 e. The Bertz CT molecular complexity index is 973. The standard InChI is InChI=1S/C24H32N2O5/c1-21(2,28)20(27)25-18-7-5-14-15-8-9-22(3)23(10-12-24(22,29)13-11-23)17(15)6-4-16(14)19(18)26(30)31/h5,7,15,17,28-29H,4,6,8-13H2,1-3H3,(H,25,27)/t15-,17-,22+,23?,24?/m1/s1. The number of hydrogen-bond donors (Lipinski definition) is 3. The molecule has 3 fully saturated rings. The molecule has 3 N–H and O–H groups in total. The van der Waals surface area contributed by atoms with Gasteiger partial charge in [-0.05, 0) is 94.1 Å². The number of carbonyl (C=O) groups excluding carboxylic acids is 1. The van der Waals surface area contributed by atoms with Crippen molar-refractivity contribution in [3.8, 4) is 0 Å². The Morgan fingerprint density at radius 2 is 1.87 bits per heavy atom. The van der Waals surface area contributed by atoms with E-state index in [-0.39, 0.29) is 28.1 Å². The molecule has 1 amide bonds. The molecule has 168 valence electrons. The number of nitrogens with one attached hydrogen (secondary N) is 1. The number of nitro benzene ring substituents is 1. The summed E-state index contributed by atoms with van der Waals surface area (Å²) in [5, 5.41) is 35.9. The molecule has 0 aromatic heterocycles. The molecule has 7 heteroatoms. The third-order valence-corrected chi connectivity index (χ3v) is 9.66. The monoisotopic (exact) mass is 428 g/mol. The molecule has 31 heavy (non-hydrogen) atoms. The highest BCUT2D eigenvalue weighted by molar-refractivity contribution is 5.98. The number of nitro groups is 1. The molecule has 2 bridgehead atoms. The Morgan fingerprint density at radius 1 is 1.19 bits per heavy atom. The van der Waals surface area contributed by atoms with Crippen LogP contribution < -0.4 is 5.32 Å². The lowest BCUT2D eigenvalue weighted by Gasteiger charge is -2.56. The van der Waals surface area contributed by atoms with Gasteiger partial charge in [0.25, 0.3) is 11.6 Å². The van der Waals surface area contributed by atoms with Crippen LogP contribution in [0.3, 0.4) is 0 Å². The van der Waals surface area contributed by atoms with E-state index in [9.17, 15) is 25.1 Å². The molecule has 0 radical (unpaired) electrons. The van der Waals surface area contributed by atoms with E-state index in [0.717, 1.165) is 56.1 Å². The van der Waals surface area contributed by atoms with Crippen molar-refractivity contribution in [1.82, 2.24) is 0 Å². The van der Waals surface area contributed by atoms with Gasteiger partial charge in [0, 0.05) is 11.0 Å². The molecule has 0 aliphatic heterocycles. The number of aliphatic hydroxyl groups is 2. The molecular formula is C24H32N2O5. The number of amides is 1. The topological polar surface area (TPSA) is 113 Å². The number of nitrogens with zero attached hydrogens (tertiary/aromatic N) is 1. The Labute approximate surface area is 182 Å². The molecule has 3 atom stereocenters. The molecule has 5 rings (SSSR count). The Balaban J connectivity index is 1.55. The van der Waals surface area contributed by atoms with E-state index in [1.54, 1.807) is 6.07 Å². The van der Waals surface area contributed by atoms with Gasteiger partial charge in [0.1, 0.15) is 11.3 Å². The minimum atomic E-state index is -1.62. The maximum atomic E-state index is 12.3. The van der Waals surface area contributed by atoms with Crippen LogP contribution >= 0.6 is 0 Å². The van der Waals surface area contributed by atoms with Gasteiger partial charge in [-0.15, -0.1) is 0 Å². The second-order valence-electron chi connectivity index (χ2n) is 11.1. The minimum absolute atomic E-state index is 0.0336. The number of rotatable bonds is 3. The summed E-state index contributed by atoms with van der Waals surface area (Å²) in [6.07, 6.45) is 7.24. The second kappa shape index (κ2) is 6.29. The number of fused-ring (bicyclic) bond motifs is 3. The van der Waals surface area contributed by atoms with Crippen LogP contribution in [0.15, 0.2) is 12.1 Å². The van der Waals surface area contributed by atoms with E-state index >= 15 is 0 Å². The van der Waals surface area contributed by atoms with Crippen molar-refractivity contribution in [1.29, 1.82) is 0 Å². The maximum Gasteiger partial charge on any atom is 0.296 e. The minimum Gasteiger partial charge on any atom is -0.389 e. The summed E-state index contributed by atoms with van der Waals surface area (Å²) in [6.45, 7) is 5.01. The van der Waals surface area contributed by atoms with Crippen molar-refractivity contribution in [2.24, 2.45) is 16.7 Å². The van der Waals surface area contributed by atoms with Crippen LogP contribution in [0.1, 0.15) is 82.8 Å². The molecule has 0 saturated heterocycles. The molecule has 4 aliphatic rings. The van der Waals surface area contributed by atoms with E-state index in [4.69, 9.17) is 0 Å². The van der Waals surface area contributed by atoms with Gasteiger partial charge in [-0.3, -0.25) is 14.9 Å². The van der Waals surface area contributed by atoms with Gasteiger partial charge in [0.2, 0.25) is 0 Å². The van der Waals surface area contributed by atoms with Crippen LogP contribution in [-0.2, 0) is 11.2 Å². The second-order valence-corrected chi connectivity index (χ2v) is 11.1. The molecule has 0 heterocycles. The van der Waals surface area contributed by atoms with Gasteiger partial charge in [0.05, 0.1) is 10.5 Å². The van der Waals surface area contributed by atoms with Gasteiger partial charge < -0.3 is 15.5 Å². The third kappa shape index (κ3) is 2.56.